The lowest BCUT2D eigenvalue weighted by Gasteiger charge is -2.10. The number of rotatable bonds is 3. The summed E-state index contributed by atoms with van der Waals surface area (Å²) >= 11 is 4.50. The zero-order valence-electron chi connectivity index (χ0n) is 7.45. The molecule has 1 aromatic heterocycles. The van der Waals surface area contributed by atoms with Gasteiger partial charge in [0.25, 0.3) is 0 Å². The summed E-state index contributed by atoms with van der Waals surface area (Å²) in [6.07, 6.45) is 3.04. The third-order valence-electron chi connectivity index (χ3n) is 2.30. The fourth-order valence-corrected chi connectivity index (χ4v) is 3.61. The molecule has 4 nitrogen and oxygen atoms in total. The van der Waals surface area contributed by atoms with E-state index in [-0.39, 0.29) is 0 Å². The summed E-state index contributed by atoms with van der Waals surface area (Å²) in [5.74, 6) is 0. The maximum absolute atomic E-state index is 11.7. The Morgan fingerprint density at radius 3 is 2.71 bits per heavy atom. The molecule has 0 atom stereocenters. The molecule has 1 fully saturated rings. The van der Waals surface area contributed by atoms with Crippen molar-refractivity contribution < 1.29 is 8.42 Å². The van der Waals surface area contributed by atoms with E-state index in [2.05, 4.69) is 25.6 Å². The van der Waals surface area contributed by atoms with Crippen LogP contribution in [0.5, 0.6) is 0 Å². The molecule has 0 bridgehead atoms. The fraction of sp³-hybridized carbons (Fsp3) is 0.571. The van der Waals surface area contributed by atoms with Crippen molar-refractivity contribution in [2.45, 2.75) is 24.5 Å². The first kappa shape index (κ1) is 10.4. The molecule has 0 unspecified atom stereocenters. The van der Waals surface area contributed by atoms with Gasteiger partial charge >= 0.3 is 0 Å². The molecule has 0 aliphatic heterocycles. The van der Waals surface area contributed by atoms with Crippen LogP contribution in [0.25, 0.3) is 0 Å². The number of halogens is 1. The van der Waals surface area contributed by atoms with E-state index in [1.165, 1.54) is 11.3 Å². The van der Waals surface area contributed by atoms with E-state index < -0.39 is 14.8 Å². The molecule has 2 rings (SSSR count). The maximum Gasteiger partial charge on any atom is 0.239 e. The highest BCUT2D eigenvalue weighted by atomic mass is 79.9. The normalized spacial score (nSPS) is 19.3. The third kappa shape index (κ3) is 1.80. The van der Waals surface area contributed by atoms with Gasteiger partial charge in [0, 0.05) is 0 Å². The Bertz CT molecular complexity index is 450. The van der Waals surface area contributed by atoms with Crippen molar-refractivity contribution in [2.24, 2.45) is 0 Å². The Morgan fingerprint density at radius 1 is 1.64 bits per heavy atom. The molecule has 14 heavy (non-hydrogen) atoms. The Kier molecular flexibility index (Phi) is 2.36. The SMILES string of the molecule is CC1(S(=O)(=O)Nc2ncc(Br)s2)CC1. The van der Waals surface area contributed by atoms with Crippen molar-refractivity contribution in [3.8, 4) is 0 Å². The van der Waals surface area contributed by atoms with Crippen LogP contribution in [-0.4, -0.2) is 18.1 Å². The lowest BCUT2D eigenvalue weighted by atomic mass is 10.5. The van der Waals surface area contributed by atoms with Gasteiger partial charge in [0.2, 0.25) is 10.0 Å². The van der Waals surface area contributed by atoms with Crippen molar-refractivity contribution >= 4 is 42.4 Å². The van der Waals surface area contributed by atoms with Gasteiger partial charge in [-0.15, -0.1) is 0 Å². The zero-order chi connectivity index (χ0) is 10.4. The summed E-state index contributed by atoms with van der Waals surface area (Å²) in [6.45, 7) is 1.75. The average molecular weight is 297 g/mol. The third-order valence-corrected chi connectivity index (χ3v) is 5.99. The van der Waals surface area contributed by atoms with Gasteiger partial charge in [-0.1, -0.05) is 11.3 Å². The number of sulfonamides is 1. The molecular weight excluding hydrogens is 288 g/mol. The van der Waals surface area contributed by atoms with Crippen LogP contribution in [0.1, 0.15) is 19.8 Å². The molecule has 1 aliphatic rings. The average Bonchev–Trinajstić information content (AvgIpc) is 2.70. The summed E-state index contributed by atoms with van der Waals surface area (Å²) in [6, 6.07) is 0. The molecule has 78 valence electrons. The topological polar surface area (TPSA) is 59.1 Å². The van der Waals surface area contributed by atoms with Gasteiger partial charge in [-0.05, 0) is 35.7 Å². The zero-order valence-corrected chi connectivity index (χ0v) is 10.7. The van der Waals surface area contributed by atoms with Crippen LogP contribution in [0, 0.1) is 0 Å². The number of anilines is 1. The molecule has 1 N–H and O–H groups in total. The second kappa shape index (κ2) is 3.18. The lowest BCUT2D eigenvalue weighted by Crippen LogP contribution is -2.26. The van der Waals surface area contributed by atoms with Crippen LogP contribution in [0.2, 0.25) is 0 Å². The Morgan fingerprint density at radius 2 is 2.29 bits per heavy atom. The first-order chi connectivity index (χ1) is 6.43. The van der Waals surface area contributed by atoms with Gasteiger partial charge < -0.3 is 0 Å². The minimum atomic E-state index is -3.25. The largest absolute Gasteiger partial charge is 0.258 e. The molecule has 0 radical (unpaired) electrons. The summed E-state index contributed by atoms with van der Waals surface area (Å²) in [5, 5.41) is 0.421. The number of nitrogens with one attached hydrogen (secondary N) is 1. The minimum absolute atomic E-state index is 0.421. The fourth-order valence-electron chi connectivity index (χ4n) is 0.985. The van der Waals surface area contributed by atoms with Crippen LogP contribution in [-0.2, 0) is 10.0 Å². The van der Waals surface area contributed by atoms with Crippen molar-refractivity contribution in [2.75, 3.05) is 4.72 Å². The van der Waals surface area contributed by atoms with Crippen LogP contribution in [0.15, 0.2) is 9.98 Å². The van der Waals surface area contributed by atoms with Crippen molar-refractivity contribution in [3.63, 3.8) is 0 Å². The highest BCUT2D eigenvalue weighted by molar-refractivity contribution is 9.11. The van der Waals surface area contributed by atoms with E-state index in [1.54, 1.807) is 13.1 Å². The predicted octanol–water partition coefficient (Wildman–Crippen LogP) is 2.20. The molecule has 0 spiro atoms. The molecule has 0 saturated heterocycles. The number of hydrogen-bond acceptors (Lipinski definition) is 4. The van der Waals surface area contributed by atoms with E-state index in [4.69, 9.17) is 0 Å². The number of aromatic nitrogens is 1. The monoisotopic (exact) mass is 296 g/mol. The van der Waals surface area contributed by atoms with E-state index in [0.29, 0.717) is 5.13 Å². The molecule has 1 saturated carbocycles. The van der Waals surface area contributed by atoms with E-state index in [0.717, 1.165) is 16.6 Å². The summed E-state index contributed by atoms with van der Waals surface area (Å²) in [7, 11) is -3.25. The van der Waals surface area contributed by atoms with Gasteiger partial charge in [-0.3, -0.25) is 4.72 Å². The summed E-state index contributed by atoms with van der Waals surface area (Å²) < 4.78 is 26.2. The van der Waals surface area contributed by atoms with Crippen LogP contribution < -0.4 is 4.72 Å². The highest BCUT2D eigenvalue weighted by Gasteiger charge is 2.50. The molecule has 7 heteroatoms. The minimum Gasteiger partial charge on any atom is -0.258 e. The van der Waals surface area contributed by atoms with Crippen LogP contribution in [0.3, 0.4) is 0 Å². The standard InChI is InChI=1S/C7H9BrN2O2S2/c1-7(2-3-7)14(11,12)10-6-9-4-5(8)13-6/h4H,2-3H2,1H3,(H,9,10). The van der Waals surface area contributed by atoms with Crippen molar-refractivity contribution in [3.05, 3.63) is 9.98 Å². The van der Waals surface area contributed by atoms with Crippen molar-refractivity contribution in [1.82, 2.24) is 4.98 Å². The quantitative estimate of drug-likeness (QED) is 0.930. The smallest absolute Gasteiger partial charge is 0.239 e. The molecule has 1 heterocycles. The number of thiazole rings is 1. The van der Waals surface area contributed by atoms with Gasteiger partial charge in [0.05, 0.1) is 14.7 Å². The molecular formula is C7H9BrN2O2S2. The van der Waals surface area contributed by atoms with E-state index in [9.17, 15) is 8.42 Å². The van der Waals surface area contributed by atoms with E-state index >= 15 is 0 Å². The Balaban J connectivity index is 2.19. The Labute approximate surface area is 94.9 Å². The molecule has 0 aromatic carbocycles. The van der Waals surface area contributed by atoms with Crippen LogP contribution in [0.4, 0.5) is 5.13 Å². The van der Waals surface area contributed by atoms with Crippen molar-refractivity contribution in [1.29, 1.82) is 0 Å². The molecule has 1 aliphatic carbocycles. The first-order valence-electron chi connectivity index (χ1n) is 4.07. The second-order valence-corrected chi connectivity index (χ2v) is 8.13. The van der Waals surface area contributed by atoms with Crippen LogP contribution >= 0.6 is 27.3 Å². The van der Waals surface area contributed by atoms with E-state index in [1.807, 2.05) is 0 Å². The molecule has 1 aromatic rings. The van der Waals surface area contributed by atoms with Gasteiger partial charge in [0.15, 0.2) is 5.13 Å². The molecule has 0 amide bonds. The lowest BCUT2D eigenvalue weighted by molar-refractivity contribution is 0.587. The first-order valence-corrected chi connectivity index (χ1v) is 7.16. The summed E-state index contributed by atoms with van der Waals surface area (Å²) in [4.78, 5) is 3.92. The highest BCUT2D eigenvalue weighted by Crippen LogP contribution is 2.43. The number of nitrogens with zero attached hydrogens (tertiary/aromatic N) is 1. The van der Waals surface area contributed by atoms with Gasteiger partial charge in [-0.25, -0.2) is 13.4 Å². The predicted molar refractivity (Wildman–Crippen MR) is 60.0 cm³/mol. The second-order valence-electron chi connectivity index (χ2n) is 3.52. The summed E-state index contributed by atoms with van der Waals surface area (Å²) in [5.41, 5.74) is 0. The van der Waals surface area contributed by atoms with Gasteiger partial charge in [-0.2, -0.15) is 0 Å². The Hall–Kier alpha value is -0.140. The maximum atomic E-state index is 11.7. The number of hydrogen-bond donors (Lipinski definition) is 1. The van der Waals surface area contributed by atoms with Gasteiger partial charge in [0.1, 0.15) is 0 Å².